The van der Waals surface area contributed by atoms with E-state index >= 15 is 0 Å². The summed E-state index contributed by atoms with van der Waals surface area (Å²) in [5.74, 6) is -1.84. The summed E-state index contributed by atoms with van der Waals surface area (Å²) >= 11 is 0. The molecule has 0 bridgehead atoms. The highest BCUT2D eigenvalue weighted by Crippen LogP contribution is 2.11. The SMILES string of the molecule is COC(=O)CNNS(=O)(=O)C[C@H](Cc1ccccc1)NS(=O)(=O)C[C@H](Cc1ccccc1)NC(=O)OC(C)(C)C. The molecule has 1 amide bonds. The highest BCUT2D eigenvalue weighted by Gasteiger charge is 2.29. The van der Waals surface area contributed by atoms with Gasteiger partial charge in [-0.05, 0) is 44.7 Å². The Morgan fingerprint density at radius 3 is 1.80 bits per heavy atom. The molecule has 0 unspecified atom stereocenters. The van der Waals surface area contributed by atoms with Crippen LogP contribution in [0.3, 0.4) is 0 Å². The summed E-state index contributed by atoms with van der Waals surface area (Å²) in [6, 6.07) is 15.9. The number of amides is 1. The molecule has 0 radical (unpaired) electrons. The van der Waals surface area contributed by atoms with Crippen molar-refractivity contribution in [3.8, 4) is 0 Å². The lowest BCUT2D eigenvalue weighted by atomic mass is 10.1. The Kier molecular flexibility index (Phi) is 12.5. The van der Waals surface area contributed by atoms with Crippen LogP contribution in [0.25, 0.3) is 0 Å². The maximum Gasteiger partial charge on any atom is 0.407 e. The molecule has 2 aromatic rings. The minimum Gasteiger partial charge on any atom is -0.468 e. The Morgan fingerprint density at radius 2 is 1.30 bits per heavy atom. The summed E-state index contributed by atoms with van der Waals surface area (Å²) < 4.78 is 64.3. The van der Waals surface area contributed by atoms with Crippen molar-refractivity contribution in [1.29, 1.82) is 0 Å². The topological polar surface area (TPSA) is 169 Å². The first-order chi connectivity index (χ1) is 18.7. The number of hydrogen-bond donors (Lipinski definition) is 4. The van der Waals surface area contributed by atoms with Gasteiger partial charge in [0.15, 0.2) is 0 Å². The highest BCUT2D eigenvalue weighted by atomic mass is 32.2. The van der Waals surface area contributed by atoms with Crippen molar-refractivity contribution in [1.82, 2.24) is 20.3 Å². The molecule has 0 aromatic heterocycles. The van der Waals surface area contributed by atoms with Gasteiger partial charge in [-0.3, -0.25) is 4.79 Å². The molecule has 0 saturated carbocycles. The van der Waals surface area contributed by atoms with Gasteiger partial charge >= 0.3 is 12.1 Å². The van der Waals surface area contributed by atoms with E-state index in [9.17, 15) is 26.4 Å². The van der Waals surface area contributed by atoms with E-state index in [1.54, 1.807) is 63.2 Å². The van der Waals surface area contributed by atoms with Gasteiger partial charge in [0.05, 0.1) is 24.7 Å². The van der Waals surface area contributed by atoms with Gasteiger partial charge in [-0.2, -0.15) is 4.83 Å². The summed E-state index contributed by atoms with van der Waals surface area (Å²) in [6.07, 6.45) is -0.504. The second-order valence-electron chi connectivity index (χ2n) is 10.1. The molecule has 14 heteroatoms. The summed E-state index contributed by atoms with van der Waals surface area (Å²) in [7, 11) is -7.05. The van der Waals surface area contributed by atoms with Gasteiger partial charge < -0.3 is 14.8 Å². The first-order valence-corrected chi connectivity index (χ1v) is 15.8. The molecule has 2 atom stereocenters. The lowest BCUT2D eigenvalue weighted by Crippen LogP contribution is -2.51. The number of carbonyl (C=O) groups excluding carboxylic acids is 2. The number of hydrazine groups is 1. The van der Waals surface area contributed by atoms with Gasteiger partial charge in [-0.25, -0.2) is 31.8 Å². The normalized spacial score (nSPS) is 13.7. The fourth-order valence-corrected chi connectivity index (χ4v) is 6.43. The molecule has 12 nitrogen and oxygen atoms in total. The van der Waals surface area contributed by atoms with Gasteiger partial charge in [0.25, 0.3) is 0 Å². The van der Waals surface area contributed by atoms with Crippen LogP contribution in [0.1, 0.15) is 31.9 Å². The van der Waals surface area contributed by atoms with E-state index < -0.39 is 67.8 Å². The van der Waals surface area contributed by atoms with Crippen molar-refractivity contribution in [2.45, 2.75) is 51.3 Å². The van der Waals surface area contributed by atoms with E-state index in [1.807, 2.05) is 18.2 Å². The van der Waals surface area contributed by atoms with Crippen LogP contribution < -0.4 is 20.3 Å². The lowest BCUT2D eigenvalue weighted by molar-refractivity contribution is -0.139. The quantitative estimate of drug-likeness (QED) is 0.174. The van der Waals surface area contributed by atoms with Crippen molar-refractivity contribution in [3.63, 3.8) is 0 Å². The number of alkyl carbamates (subject to hydrolysis) is 1. The van der Waals surface area contributed by atoms with Crippen LogP contribution in [-0.2, 0) is 47.2 Å². The molecule has 0 aliphatic rings. The lowest BCUT2D eigenvalue weighted by Gasteiger charge is -2.25. The van der Waals surface area contributed by atoms with Crippen molar-refractivity contribution < 1.29 is 35.9 Å². The van der Waals surface area contributed by atoms with Crippen LogP contribution in [0.4, 0.5) is 4.79 Å². The molecule has 222 valence electrons. The number of carbonyl (C=O) groups is 2. The van der Waals surface area contributed by atoms with Crippen LogP contribution in [0.2, 0.25) is 0 Å². The van der Waals surface area contributed by atoms with Crippen LogP contribution >= 0.6 is 0 Å². The zero-order valence-corrected chi connectivity index (χ0v) is 24.7. The first kappa shape index (κ1) is 33.2. The third-order valence-electron chi connectivity index (χ3n) is 5.25. The summed E-state index contributed by atoms with van der Waals surface area (Å²) in [4.78, 5) is 25.8. The van der Waals surface area contributed by atoms with Crippen LogP contribution in [0.5, 0.6) is 0 Å². The first-order valence-electron chi connectivity index (χ1n) is 12.5. The molecule has 0 aliphatic carbocycles. The molecule has 0 heterocycles. The third-order valence-corrected chi connectivity index (χ3v) is 8.08. The maximum absolute atomic E-state index is 13.3. The van der Waals surface area contributed by atoms with E-state index in [1.165, 1.54) is 0 Å². The summed E-state index contributed by atoms with van der Waals surface area (Å²) in [5.41, 5.74) is 2.97. The number of esters is 1. The molecule has 0 spiro atoms. The van der Waals surface area contributed by atoms with Crippen LogP contribution in [0.15, 0.2) is 60.7 Å². The fraction of sp³-hybridized carbons (Fsp3) is 0.462. The van der Waals surface area contributed by atoms with E-state index in [2.05, 4.69) is 25.0 Å². The Hall–Kier alpha value is -3.04. The Morgan fingerprint density at radius 1 is 0.800 bits per heavy atom. The predicted molar refractivity (Wildman–Crippen MR) is 151 cm³/mol. The molecular weight excluding hydrogens is 560 g/mol. The molecular formula is C26H38N4O8S2. The average molecular weight is 599 g/mol. The Balaban J connectivity index is 2.22. The third kappa shape index (κ3) is 13.8. The van der Waals surface area contributed by atoms with E-state index in [0.29, 0.717) is 5.56 Å². The van der Waals surface area contributed by atoms with Crippen LogP contribution in [0, 0.1) is 0 Å². The van der Waals surface area contributed by atoms with E-state index in [0.717, 1.165) is 12.7 Å². The van der Waals surface area contributed by atoms with Gasteiger partial charge in [-0.1, -0.05) is 60.7 Å². The minimum atomic E-state index is -4.13. The molecule has 0 aliphatic heterocycles. The molecule has 0 saturated heterocycles. The molecule has 40 heavy (non-hydrogen) atoms. The second kappa shape index (κ2) is 15.1. The number of methoxy groups -OCH3 is 1. The number of nitrogens with one attached hydrogen (secondary N) is 4. The molecule has 2 aromatic carbocycles. The zero-order valence-electron chi connectivity index (χ0n) is 23.0. The number of rotatable bonds is 15. The maximum atomic E-state index is 13.3. The fourth-order valence-electron chi connectivity index (χ4n) is 3.72. The van der Waals surface area contributed by atoms with Gasteiger partial charge in [0.2, 0.25) is 20.0 Å². The van der Waals surface area contributed by atoms with Crippen molar-refractivity contribution in [2.75, 3.05) is 25.2 Å². The standard InChI is InChI=1S/C26H38N4O8S2/c1-26(2,3)38-25(32)28-22(15-20-11-7-5-8-12-20)18-39(33,34)29-23(16-21-13-9-6-10-14-21)19-40(35,36)30-27-17-24(31)37-4/h5-14,22-23,27,29-30H,15-19H2,1-4H3,(H,28,32)/t22-,23-/m0/s1. The van der Waals surface area contributed by atoms with E-state index in [4.69, 9.17) is 4.74 Å². The Labute approximate surface area is 236 Å². The summed E-state index contributed by atoms with van der Waals surface area (Å²) in [5, 5.41) is 2.63. The largest absolute Gasteiger partial charge is 0.468 e. The van der Waals surface area contributed by atoms with Crippen molar-refractivity contribution in [3.05, 3.63) is 71.8 Å². The van der Waals surface area contributed by atoms with Gasteiger partial charge in [-0.15, -0.1) is 0 Å². The zero-order chi connectivity index (χ0) is 29.8. The average Bonchev–Trinajstić information content (AvgIpc) is 2.82. The minimum absolute atomic E-state index is 0.0703. The van der Waals surface area contributed by atoms with Crippen LogP contribution in [-0.4, -0.2) is 71.7 Å². The number of hydrogen-bond acceptors (Lipinski definition) is 9. The second-order valence-corrected chi connectivity index (χ2v) is 13.7. The Bertz CT molecular complexity index is 1300. The molecule has 0 fully saturated rings. The summed E-state index contributed by atoms with van der Waals surface area (Å²) in [6.45, 7) is 4.67. The van der Waals surface area contributed by atoms with E-state index in [-0.39, 0.29) is 12.8 Å². The van der Waals surface area contributed by atoms with Gasteiger partial charge in [0, 0.05) is 6.04 Å². The number of benzene rings is 2. The highest BCUT2D eigenvalue weighted by molar-refractivity contribution is 7.90. The predicted octanol–water partition coefficient (Wildman–Crippen LogP) is 1.25. The smallest absolute Gasteiger partial charge is 0.407 e. The molecule has 2 rings (SSSR count). The van der Waals surface area contributed by atoms with Crippen molar-refractivity contribution >= 4 is 32.1 Å². The number of ether oxygens (including phenoxy) is 2. The molecule has 4 N–H and O–H groups in total. The van der Waals surface area contributed by atoms with Gasteiger partial charge in [0.1, 0.15) is 12.1 Å². The van der Waals surface area contributed by atoms with Crippen molar-refractivity contribution in [2.24, 2.45) is 0 Å². The monoisotopic (exact) mass is 598 g/mol. The number of sulfonamides is 2.